The number of aliphatic carboxylic acids is 1. The standard InChI is InChI=1S/C31H48N2O3/c1-2-9-28-32-30(34)25-12-6-7-15-27(25)33(28)20-21-16-18-23(19-17-21)29-24(22-10-4-3-5-11-22)13-8-14-26(29)31(35)36/h6,12,21-27,29H,2-5,7-11,13-20H2,1H3,(H,35,36). The molecule has 0 bridgehead atoms. The minimum atomic E-state index is -0.530. The van der Waals surface area contributed by atoms with Crippen LogP contribution in [0.1, 0.15) is 110 Å². The van der Waals surface area contributed by atoms with E-state index in [1.54, 1.807) is 0 Å². The zero-order valence-electron chi connectivity index (χ0n) is 22.5. The highest BCUT2D eigenvalue weighted by Gasteiger charge is 2.46. The molecule has 4 aliphatic carbocycles. The molecule has 1 aliphatic heterocycles. The van der Waals surface area contributed by atoms with E-state index in [9.17, 15) is 14.7 Å². The summed E-state index contributed by atoms with van der Waals surface area (Å²) < 4.78 is 0. The molecule has 200 valence electrons. The van der Waals surface area contributed by atoms with Gasteiger partial charge in [-0.25, -0.2) is 0 Å². The summed E-state index contributed by atoms with van der Waals surface area (Å²) >= 11 is 0. The van der Waals surface area contributed by atoms with Crippen LogP contribution in [0, 0.1) is 41.4 Å². The number of allylic oxidation sites excluding steroid dienone is 1. The van der Waals surface area contributed by atoms with Crippen molar-refractivity contribution in [1.29, 1.82) is 0 Å². The molecule has 5 rings (SSSR count). The van der Waals surface area contributed by atoms with Crippen LogP contribution >= 0.6 is 0 Å². The molecule has 0 radical (unpaired) electrons. The van der Waals surface area contributed by atoms with Crippen LogP contribution < -0.4 is 0 Å². The highest BCUT2D eigenvalue weighted by molar-refractivity contribution is 5.99. The van der Waals surface area contributed by atoms with E-state index >= 15 is 0 Å². The van der Waals surface area contributed by atoms with Crippen molar-refractivity contribution in [3.05, 3.63) is 12.2 Å². The van der Waals surface area contributed by atoms with E-state index in [1.807, 2.05) is 0 Å². The summed E-state index contributed by atoms with van der Waals surface area (Å²) in [5, 5.41) is 10.2. The van der Waals surface area contributed by atoms with Crippen LogP contribution in [0.15, 0.2) is 17.1 Å². The first-order valence-electron chi connectivity index (χ1n) is 15.3. The summed E-state index contributed by atoms with van der Waals surface area (Å²) in [5.41, 5.74) is 0. The van der Waals surface area contributed by atoms with E-state index in [4.69, 9.17) is 0 Å². The maximum Gasteiger partial charge on any atom is 0.306 e. The normalized spacial score (nSPS) is 37.9. The fourth-order valence-electron chi connectivity index (χ4n) is 8.90. The first-order chi connectivity index (χ1) is 17.6. The minimum absolute atomic E-state index is 0.0603. The molecule has 5 nitrogen and oxygen atoms in total. The predicted octanol–water partition coefficient (Wildman–Crippen LogP) is 6.87. The number of carboxylic acid groups (broad SMARTS) is 1. The van der Waals surface area contributed by atoms with E-state index in [1.165, 1.54) is 64.2 Å². The van der Waals surface area contributed by atoms with Gasteiger partial charge in [-0.05, 0) is 87.4 Å². The topological polar surface area (TPSA) is 70.0 Å². The Morgan fingerprint density at radius 1 is 0.972 bits per heavy atom. The van der Waals surface area contributed by atoms with Gasteiger partial charge in [0, 0.05) is 19.0 Å². The number of carbonyl (C=O) groups excluding carboxylic acids is 1. The number of nitrogens with zero attached hydrogens (tertiary/aromatic N) is 2. The molecule has 3 fully saturated rings. The van der Waals surface area contributed by atoms with Crippen LogP contribution in [-0.4, -0.2) is 40.3 Å². The van der Waals surface area contributed by atoms with Gasteiger partial charge in [0.15, 0.2) is 0 Å². The number of carbonyl (C=O) groups is 2. The van der Waals surface area contributed by atoms with E-state index in [0.29, 0.717) is 23.7 Å². The number of hydrogen-bond donors (Lipinski definition) is 1. The lowest BCUT2D eigenvalue weighted by Gasteiger charge is -2.48. The van der Waals surface area contributed by atoms with Gasteiger partial charge < -0.3 is 10.0 Å². The molecular formula is C31H48N2O3. The maximum atomic E-state index is 12.7. The SMILES string of the molecule is CCCC1=NC(=O)C2C=CCCC2N1CC1CCC(C2C(C(=O)O)CCCC2C2CCCCC2)CC1. The summed E-state index contributed by atoms with van der Waals surface area (Å²) in [4.78, 5) is 32.2. The second kappa shape index (κ2) is 11.8. The van der Waals surface area contributed by atoms with Crippen LogP contribution in [0.4, 0.5) is 0 Å². The molecule has 0 aromatic carbocycles. The highest BCUT2D eigenvalue weighted by atomic mass is 16.4. The maximum absolute atomic E-state index is 12.7. The van der Waals surface area contributed by atoms with Gasteiger partial charge in [-0.3, -0.25) is 9.59 Å². The minimum Gasteiger partial charge on any atom is -0.481 e. The Morgan fingerprint density at radius 3 is 2.47 bits per heavy atom. The van der Waals surface area contributed by atoms with Gasteiger partial charge >= 0.3 is 5.97 Å². The van der Waals surface area contributed by atoms with Gasteiger partial charge in [-0.2, -0.15) is 4.99 Å². The Hall–Kier alpha value is -1.65. The van der Waals surface area contributed by atoms with Crippen molar-refractivity contribution >= 4 is 17.7 Å². The van der Waals surface area contributed by atoms with Crippen LogP contribution in [0.2, 0.25) is 0 Å². The number of aliphatic imine (C=N–C) groups is 1. The molecule has 0 aromatic rings. The average Bonchev–Trinajstić information content (AvgIpc) is 2.91. The molecule has 1 N–H and O–H groups in total. The lowest BCUT2D eigenvalue weighted by molar-refractivity contribution is -0.149. The average molecular weight is 497 g/mol. The Labute approximate surface area is 218 Å². The van der Waals surface area contributed by atoms with E-state index in [2.05, 4.69) is 29.0 Å². The molecule has 0 saturated heterocycles. The molecule has 36 heavy (non-hydrogen) atoms. The van der Waals surface area contributed by atoms with Crippen LogP contribution in [0.3, 0.4) is 0 Å². The fourth-order valence-corrected chi connectivity index (χ4v) is 8.90. The highest BCUT2D eigenvalue weighted by Crippen LogP contribution is 2.51. The summed E-state index contributed by atoms with van der Waals surface area (Å²) in [6, 6.07) is 0.282. The smallest absolute Gasteiger partial charge is 0.306 e. The first-order valence-corrected chi connectivity index (χ1v) is 15.3. The van der Waals surface area contributed by atoms with E-state index < -0.39 is 5.97 Å². The molecule has 5 aliphatic rings. The van der Waals surface area contributed by atoms with Crippen molar-refractivity contribution < 1.29 is 14.7 Å². The zero-order chi connectivity index (χ0) is 25.1. The van der Waals surface area contributed by atoms with Crippen molar-refractivity contribution in [3.8, 4) is 0 Å². The number of hydrogen-bond acceptors (Lipinski definition) is 3. The van der Waals surface area contributed by atoms with Crippen molar-refractivity contribution in [3.63, 3.8) is 0 Å². The number of fused-ring (bicyclic) bond motifs is 1. The quantitative estimate of drug-likeness (QED) is 0.391. The molecule has 0 spiro atoms. The van der Waals surface area contributed by atoms with Gasteiger partial charge in [0.1, 0.15) is 5.84 Å². The Kier molecular flexibility index (Phi) is 8.53. The number of amides is 1. The van der Waals surface area contributed by atoms with Gasteiger partial charge in [-0.1, -0.05) is 57.6 Å². The van der Waals surface area contributed by atoms with Crippen molar-refractivity contribution in [2.24, 2.45) is 46.4 Å². The predicted molar refractivity (Wildman–Crippen MR) is 144 cm³/mol. The number of amidine groups is 1. The second-order valence-corrected chi connectivity index (χ2v) is 12.7. The van der Waals surface area contributed by atoms with E-state index in [0.717, 1.165) is 56.8 Å². The molecule has 1 heterocycles. The van der Waals surface area contributed by atoms with Crippen LogP contribution in [0.5, 0.6) is 0 Å². The third-order valence-corrected chi connectivity index (χ3v) is 10.6. The lowest BCUT2D eigenvalue weighted by atomic mass is 9.57. The molecule has 5 atom stereocenters. The van der Waals surface area contributed by atoms with Gasteiger partial charge in [-0.15, -0.1) is 0 Å². The van der Waals surface area contributed by atoms with Crippen molar-refractivity contribution in [1.82, 2.24) is 4.90 Å². The van der Waals surface area contributed by atoms with Crippen molar-refractivity contribution in [2.45, 2.75) is 116 Å². The summed E-state index contributed by atoms with van der Waals surface area (Å²) in [6.07, 6.45) is 23.0. The zero-order valence-corrected chi connectivity index (χ0v) is 22.5. The third-order valence-electron chi connectivity index (χ3n) is 10.6. The molecule has 0 aromatic heterocycles. The molecular weight excluding hydrogens is 448 g/mol. The Balaban J connectivity index is 1.26. The Morgan fingerprint density at radius 2 is 1.75 bits per heavy atom. The van der Waals surface area contributed by atoms with Gasteiger partial charge in [0.05, 0.1) is 11.8 Å². The summed E-state index contributed by atoms with van der Waals surface area (Å²) in [6.45, 7) is 3.20. The third kappa shape index (κ3) is 5.45. The molecule has 3 saturated carbocycles. The number of rotatable bonds is 7. The van der Waals surface area contributed by atoms with Crippen molar-refractivity contribution in [2.75, 3.05) is 6.54 Å². The van der Waals surface area contributed by atoms with Crippen LogP contribution in [-0.2, 0) is 9.59 Å². The summed E-state index contributed by atoms with van der Waals surface area (Å²) in [7, 11) is 0. The number of carboxylic acids is 1. The second-order valence-electron chi connectivity index (χ2n) is 12.7. The van der Waals surface area contributed by atoms with E-state index in [-0.39, 0.29) is 23.8 Å². The summed E-state index contributed by atoms with van der Waals surface area (Å²) in [5.74, 6) is 3.35. The lowest BCUT2D eigenvalue weighted by Crippen LogP contribution is -2.53. The van der Waals surface area contributed by atoms with Crippen LogP contribution in [0.25, 0.3) is 0 Å². The molecule has 5 unspecified atom stereocenters. The molecule has 1 amide bonds. The fraction of sp³-hybridized carbons (Fsp3) is 0.839. The first kappa shape index (κ1) is 26.0. The Bertz CT molecular complexity index is 837. The van der Waals surface area contributed by atoms with Gasteiger partial charge in [0.25, 0.3) is 5.91 Å². The molecule has 5 heteroatoms. The largest absolute Gasteiger partial charge is 0.481 e. The monoisotopic (exact) mass is 496 g/mol. The van der Waals surface area contributed by atoms with Gasteiger partial charge in [0.2, 0.25) is 0 Å².